The number of allylic oxidation sites excluding steroid dienone is 5. The molecule has 1 aromatic rings. The molecule has 0 saturated carbocycles. The smallest absolute Gasteiger partial charge is 0.279 e. The van der Waals surface area contributed by atoms with E-state index in [1.54, 1.807) is 7.11 Å². The van der Waals surface area contributed by atoms with E-state index in [2.05, 4.69) is 68.1 Å². The molecule has 2 aliphatic rings. The predicted molar refractivity (Wildman–Crippen MR) is 123 cm³/mol. The number of nitrogens with zero attached hydrogens (tertiary/aromatic N) is 1. The molecule has 0 bridgehead atoms. The van der Waals surface area contributed by atoms with Gasteiger partial charge in [-0.25, -0.2) is 9.89 Å². The average molecular weight is 409 g/mol. The molecular weight excluding hydrogens is 374 g/mol. The highest BCUT2D eigenvalue weighted by Gasteiger charge is 2.23. The molecule has 3 rings (SSSR count). The van der Waals surface area contributed by atoms with Crippen molar-refractivity contribution in [3.8, 4) is 5.75 Å². The molecule has 2 N–H and O–H groups in total. The summed E-state index contributed by atoms with van der Waals surface area (Å²) >= 11 is 0. The van der Waals surface area contributed by atoms with Gasteiger partial charge >= 0.3 is 0 Å². The van der Waals surface area contributed by atoms with Gasteiger partial charge in [-0.2, -0.15) is 0 Å². The van der Waals surface area contributed by atoms with Gasteiger partial charge in [-0.05, 0) is 56.9 Å². The number of hydrogen-bond acceptors (Lipinski definition) is 4. The van der Waals surface area contributed by atoms with Gasteiger partial charge in [-0.3, -0.25) is 0 Å². The molecule has 5 heteroatoms. The third kappa shape index (κ3) is 5.49. The quantitative estimate of drug-likeness (QED) is 0.265. The maximum atomic E-state index is 5.79. The van der Waals surface area contributed by atoms with Crippen LogP contribution in [0.4, 0.5) is 0 Å². The first-order valence-electron chi connectivity index (χ1n) is 10.6. The van der Waals surface area contributed by atoms with Crippen LogP contribution in [0.3, 0.4) is 0 Å². The molecule has 30 heavy (non-hydrogen) atoms. The summed E-state index contributed by atoms with van der Waals surface area (Å²) in [4.78, 5) is 0. The Morgan fingerprint density at radius 1 is 1.27 bits per heavy atom. The van der Waals surface area contributed by atoms with Crippen molar-refractivity contribution in [1.82, 2.24) is 10.6 Å². The van der Waals surface area contributed by atoms with E-state index in [-0.39, 0.29) is 6.79 Å². The van der Waals surface area contributed by atoms with Crippen LogP contribution in [0.25, 0.3) is 0 Å². The Labute approximate surface area is 180 Å². The van der Waals surface area contributed by atoms with Gasteiger partial charge in [0.25, 0.3) is 5.82 Å². The van der Waals surface area contributed by atoms with Crippen LogP contribution >= 0.6 is 0 Å². The summed E-state index contributed by atoms with van der Waals surface area (Å²) in [6.07, 6.45) is 9.58. The van der Waals surface area contributed by atoms with E-state index in [0.29, 0.717) is 0 Å². The van der Waals surface area contributed by atoms with Crippen LogP contribution < -0.4 is 15.4 Å². The summed E-state index contributed by atoms with van der Waals surface area (Å²) in [7, 11) is 1.64. The highest BCUT2D eigenvalue weighted by molar-refractivity contribution is 5.50. The lowest BCUT2D eigenvalue weighted by atomic mass is 9.93. The van der Waals surface area contributed by atoms with Crippen molar-refractivity contribution >= 4 is 6.72 Å². The van der Waals surface area contributed by atoms with Crippen LogP contribution in [0.1, 0.15) is 36.0 Å². The molecule has 0 aromatic heterocycles. The van der Waals surface area contributed by atoms with E-state index < -0.39 is 0 Å². The molecule has 0 saturated heterocycles. The number of ether oxygens (including phenoxy) is 2. The maximum Gasteiger partial charge on any atom is 0.279 e. The Morgan fingerprint density at radius 3 is 2.90 bits per heavy atom. The normalized spacial score (nSPS) is 15.6. The summed E-state index contributed by atoms with van der Waals surface area (Å²) in [5.74, 6) is 1.92. The van der Waals surface area contributed by atoms with Gasteiger partial charge in [0.15, 0.2) is 6.79 Å². The summed E-state index contributed by atoms with van der Waals surface area (Å²) in [6.45, 7) is 15.4. The van der Waals surface area contributed by atoms with Crippen LogP contribution in [-0.4, -0.2) is 38.3 Å². The Hall–Kier alpha value is -2.63. The van der Waals surface area contributed by atoms with E-state index in [4.69, 9.17) is 9.47 Å². The molecule has 0 amide bonds. The monoisotopic (exact) mass is 408 g/mol. The fourth-order valence-corrected chi connectivity index (χ4v) is 3.95. The van der Waals surface area contributed by atoms with Gasteiger partial charge in [-0.15, -0.1) is 0 Å². The minimum Gasteiger partial charge on any atom is -0.467 e. The van der Waals surface area contributed by atoms with E-state index in [9.17, 15) is 0 Å². The predicted octanol–water partition coefficient (Wildman–Crippen LogP) is 4.08. The van der Waals surface area contributed by atoms with Gasteiger partial charge in [0.1, 0.15) is 11.4 Å². The molecule has 0 spiro atoms. The Balaban J connectivity index is 1.47. The first-order chi connectivity index (χ1) is 14.5. The molecule has 160 valence electrons. The van der Waals surface area contributed by atoms with Crippen LogP contribution in [0.2, 0.25) is 0 Å². The minimum absolute atomic E-state index is 0.258. The van der Waals surface area contributed by atoms with Crippen molar-refractivity contribution in [2.45, 2.75) is 39.7 Å². The van der Waals surface area contributed by atoms with Crippen LogP contribution in [0.5, 0.6) is 5.75 Å². The maximum absolute atomic E-state index is 5.79. The molecule has 0 atom stereocenters. The SMILES string of the molecule is C=C1C=C([N+](=C)CCCNCc2cc(C)cc(C)c2OCOC)NC2=C1CCC=C2. The molecular formula is C25H34N3O2+. The lowest BCUT2D eigenvalue weighted by Crippen LogP contribution is -2.29. The lowest BCUT2D eigenvalue weighted by molar-refractivity contribution is -0.473. The molecule has 0 radical (unpaired) electrons. The van der Waals surface area contributed by atoms with E-state index in [0.717, 1.165) is 72.9 Å². The Morgan fingerprint density at radius 2 is 2.10 bits per heavy atom. The number of nitrogens with one attached hydrogen (secondary N) is 2. The second-order valence-electron chi connectivity index (χ2n) is 7.93. The van der Waals surface area contributed by atoms with Gasteiger partial charge in [0, 0.05) is 30.9 Å². The first-order valence-corrected chi connectivity index (χ1v) is 10.6. The second-order valence-corrected chi connectivity index (χ2v) is 7.93. The van der Waals surface area contributed by atoms with Crippen molar-refractivity contribution in [3.05, 3.63) is 76.3 Å². The zero-order valence-corrected chi connectivity index (χ0v) is 18.5. The number of rotatable bonds is 10. The lowest BCUT2D eigenvalue weighted by Gasteiger charge is -2.20. The summed E-state index contributed by atoms with van der Waals surface area (Å²) < 4.78 is 12.9. The van der Waals surface area contributed by atoms with Crippen molar-refractivity contribution in [1.29, 1.82) is 0 Å². The topological polar surface area (TPSA) is 45.5 Å². The number of benzene rings is 1. The molecule has 1 aromatic carbocycles. The largest absolute Gasteiger partial charge is 0.467 e. The first kappa shape index (κ1) is 22.1. The van der Waals surface area contributed by atoms with Crippen molar-refractivity contribution in [3.63, 3.8) is 0 Å². The van der Waals surface area contributed by atoms with Crippen molar-refractivity contribution in [2.75, 3.05) is 27.0 Å². The zero-order chi connectivity index (χ0) is 21.5. The third-order valence-corrected chi connectivity index (χ3v) is 5.39. The fraction of sp³-hybridized carbons (Fsp3) is 0.400. The average Bonchev–Trinajstić information content (AvgIpc) is 2.72. The highest BCUT2D eigenvalue weighted by Crippen LogP contribution is 2.29. The van der Waals surface area contributed by atoms with Crippen LogP contribution in [0.15, 0.2) is 59.6 Å². The third-order valence-electron chi connectivity index (χ3n) is 5.39. The zero-order valence-electron chi connectivity index (χ0n) is 18.5. The van der Waals surface area contributed by atoms with E-state index in [1.807, 2.05) is 4.58 Å². The standard InChI is InChI=1S/C25H34N3O2/c1-18-13-20(3)25(30-17-29-5)21(14-18)16-26-11-8-12-28(4)24-15-19(2)22-9-6-7-10-23(22)27-24/h7,10,13-15,26-27H,2,4,6,8-9,11-12,16-17H2,1,3,5H3/q+1. The van der Waals surface area contributed by atoms with E-state index >= 15 is 0 Å². The summed E-state index contributed by atoms with van der Waals surface area (Å²) in [5.41, 5.74) is 7.10. The van der Waals surface area contributed by atoms with E-state index in [1.165, 1.54) is 11.1 Å². The summed E-state index contributed by atoms with van der Waals surface area (Å²) in [5, 5.41) is 7.03. The van der Waals surface area contributed by atoms with Crippen molar-refractivity contribution < 1.29 is 14.0 Å². The van der Waals surface area contributed by atoms with Crippen LogP contribution in [-0.2, 0) is 11.3 Å². The van der Waals surface area contributed by atoms with Gasteiger partial charge < -0.3 is 14.8 Å². The minimum atomic E-state index is 0.258. The Bertz CT molecular complexity index is 909. The number of hydrogen-bond donors (Lipinski definition) is 2. The van der Waals surface area contributed by atoms with Crippen LogP contribution in [0, 0.1) is 13.8 Å². The molecule has 1 aliphatic heterocycles. The molecule has 5 nitrogen and oxygen atoms in total. The summed E-state index contributed by atoms with van der Waals surface area (Å²) in [6, 6.07) is 4.31. The van der Waals surface area contributed by atoms with Gasteiger partial charge in [-0.1, -0.05) is 30.4 Å². The van der Waals surface area contributed by atoms with Crippen molar-refractivity contribution in [2.24, 2.45) is 0 Å². The molecule has 0 fully saturated rings. The second kappa shape index (κ2) is 10.4. The molecule has 0 unspecified atom stereocenters. The highest BCUT2D eigenvalue weighted by atomic mass is 16.7. The van der Waals surface area contributed by atoms with Gasteiger partial charge in [0.05, 0.1) is 13.3 Å². The number of methoxy groups -OCH3 is 1. The number of dihydropyridines is 1. The molecule has 1 aliphatic carbocycles. The van der Waals surface area contributed by atoms with Gasteiger partial charge in [0.2, 0.25) is 0 Å². The Kier molecular flexibility index (Phi) is 7.66. The molecule has 1 heterocycles. The fourth-order valence-electron chi connectivity index (χ4n) is 3.95. The number of aryl methyl sites for hydroxylation is 2.